The number of piperidine rings is 1. The van der Waals surface area contributed by atoms with Crippen molar-refractivity contribution in [3.63, 3.8) is 0 Å². The summed E-state index contributed by atoms with van der Waals surface area (Å²) in [6.45, 7) is 7.97. The van der Waals surface area contributed by atoms with Gasteiger partial charge in [-0.15, -0.1) is 15.0 Å². The van der Waals surface area contributed by atoms with Gasteiger partial charge < -0.3 is 15.0 Å². The molecule has 1 saturated heterocycles. The predicted octanol–water partition coefficient (Wildman–Crippen LogP) is 9.94. The second-order valence-corrected chi connectivity index (χ2v) is 14.9. The van der Waals surface area contributed by atoms with E-state index in [0.29, 0.717) is 40.9 Å². The molecule has 0 saturated carbocycles. The van der Waals surface area contributed by atoms with Gasteiger partial charge in [0, 0.05) is 29.9 Å². The summed E-state index contributed by atoms with van der Waals surface area (Å²) in [5.41, 5.74) is 3.17. The van der Waals surface area contributed by atoms with Gasteiger partial charge in [0.1, 0.15) is 11.6 Å². The number of likely N-dealkylation sites (tertiary alicyclic amines) is 1. The average Bonchev–Trinajstić information content (AvgIpc) is 3.66. The van der Waals surface area contributed by atoms with Crippen LogP contribution in [0.25, 0.3) is 22.5 Å². The number of amides is 2. The van der Waals surface area contributed by atoms with Crippen molar-refractivity contribution in [1.82, 2.24) is 25.1 Å². The van der Waals surface area contributed by atoms with Crippen LogP contribution in [0.2, 0.25) is 5.02 Å². The SMILES string of the molecule is COc1ccc(-c2c(F)cc(NC(=O)N3CCC(C(C)(C)C)CC3)cc2-c2nnn(C(c3ccccc3)(c3ccccc3)c3ccccc3)n2)cc1Cl. The van der Waals surface area contributed by atoms with Gasteiger partial charge in [-0.2, -0.15) is 0 Å². The largest absolute Gasteiger partial charge is 0.495 e. The predicted molar refractivity (Wildman–Crippen MR) is 208 cm³/mol. The summed E-state index contributed by atoms with van der Waals surface area (Å²) in [5, 5.41) is 17.6. The number of tetrazole rings is 1. The van der Waals surface area contributed by atoms with E-state index in [2.05, 4.69) is 36.4 Å². The second-order valence-electron chi connectivity index (χ2n) is 14.5. The van der Waals surface area contributed by atoms with Crippen LogP contribution < -0.4 is 10.1 Å². The Balaban J connectivity index is 1.36. The molecule has 1 aliphatic rings. The Morgan fingerprint density at radius 2 is 1.40 bits per heavy atom. The summed E-state index contributed by atoms with van der Waals surface area (Å²) in [6.07, 6.45) is 1.82. The first-order chi connectivity index (χ1) is 25.6. The maximum Gasteiger partial charge on any atom is 0.321 e. The molecule has 0 radical (unpaired) electrons. The number of benzene rings is 5. The van der Waals surface area contributed by atoms with Crippen LogP contribution in [-0.2, 0) is 5.54 Å². The van der Waals surface area contributed by atoms with Crippen LogP contribution in [0.5, 0.6) is 5.75 Å². The molecule has 0 unspecified atom stereocenters. The van der Waals surface area contributed by atoms with Crippen molar-refractivity contribution in [1.29, 1.82) is 0 Å². The number of carbonyl (C=O) groups excluding carboxylic acids is 1. The van der Waals surface area contributed by atoms with Gasteiger partial charge >= 0.3 is 6.03 Å². The lowest BCUT2D eigenvalue weighted by molar-refractivity contribution is 0.128. The Morgan fingerprint density at radius 1 is 0.830 bits per heavy atom. The van der Waals surface area contributed by atoms with E-state index in [-0.39, 0.29) is 28.5 Å². The number of urea groups is 1. The van der Waals surface area contributed by atoms with E-state index in [4.69, 9.17) is 21.4 Å². The summed E-state index contributed by atoms with van der Waals surface area (Å²) in [5.74, 6) is 0.566. The first kappa shape index (κ1) is 35.8. The highest BCUT2D eigenvalue weighted by atomic mass is 35.5. The van der Waals surface area contributed by atoms with Crippen LogP contribution >= 0.6 is 11.6 Å². The number of hydrogen-bond acceptors (Lipinski definition) is 5. The fourth-order valence-electron chi connectivity index (χ4n) is 7.47. The van der Waals surface area contributed by atoms with E-state index in [9.17, 15) is 4.79 Å². The zero-order valence-corrected chi connectivity index (χ0v) is 31.0. The second kappa shape index (κ2) is 14.8. The van der Waals surface area contributed by atoms with Gasteiger partial charge in [-0.25, -0.2) is 9.18 Å². The van der Waals surface area contributed by atoms with E-state index in [1.807, 2.05) is 91.0 Å². The molecule has 2 heterocycles. The molecule has 2 amide bonds. The molecule has 1 aromatic heterocycles. The van der Waals surface area contributed by atoms with Gasteiger partial charge in [0.2, 0.25) is 5.82 Å². The molecule has 0 spiro atoms. The van der Waals surface area contributed by atoms with E-state index < -0.39 is 11.4 Å². The third kappa shape index (κ3) is 7.01. The van der Waals surface area contributed by atoms with Crippen molar-refractivity contribution >= 4 is 23.3 Å². The number of ether oxygens (including phenoxy) is 1. The van der Waals surface area contributed by atoms with Gasteiger partial charge in [0.25, 0.3) is 0 Å². The number of rotatable bonds is 8. The lowest BCUT2D eigenvalue weighted by Gasteiger charge is -2.38. The maximum absolute atomic E-state index is 16.6. The molecule has 0 aliphatic carbocycles. The molecular formula is C43H42ClFN6O2. The minimum atomic E-state index is -1.04. The molecular weight excluding hydrogens is 687 g/mol. The smallest absolute Gasteiger partial charge is 0.321 e. The molecule has 6 aromatic rings. The third-order valence-corrected chi connectivity index (χ3v) is 10.6. The average molecular weight is 729 g/mol. The van der Waals surface area contributed by atoms with E-state index in [0.717, 1.165) is 29.5 Å². The molecule has 8 nitrogen and oxygen atoms in total. The summed E-state index contributed by atoms with van der Waals surface area (Å²) >= 11 is 6.56. The van der Waals surface area contributed by atoms with Gasteiger partial charge in [0.05, 0.1) is 12.1 Å². The molecule has 270 valence electrons. The molecule has 1 N–H and O–H groups in total. The monoisotopic (exact) mass is 728 g/mol. The Hall–Kier alpha value is -5.54. The van der Waals surface area contributed by atoms with E-state index in [1.165, 1.54) is 13.2 Å². The topological polar surface area (TPSA) is 85.2 Å². The molecule has 7 rings (SSSR count). The van der Waals surface area contributed by atoms with Crippen molar-refractivity contribution < 1.29 is 13.9 Å². The van der Waals surface area contributed by atoms with Crippen LogP contribution in [0.3, 0.4) is 0 Å². The molecule has 1 aliphatic heterocycles. The molecule has 53 heavy (non-hydrogen) atoms. The highest BCUT2D eigenvalue weighted by Crippen LogP contribution is 2.42. The normalized spacial score (nSPS) is 13.9. The number of nitrogens with one attached hydrogen (secondary N) is 1. The number of anilines is 1. The lowest BCUT2D eigenvalue weighted by Crippen LogP contribution is -2.43. The fourth-order valence-corrected chi connectivity index (χ4v) is 7.73. The van der Waals surface area contributed by atoms with Crippen molar-refractivity contribution in [2.45, 2.75) is 39.2 Å². The van der Waals surface area contributed by atoms with Crippen molar-refractivity contribution in [3.05, 3.63) is 149 Å². The van der Waals surface area contributed by atoms with Gasteiger partial charge in [-0.05, 0) is 75.9 Å². The Labute approximate surface area is 314 Å². The van der Waals surface area contributed by atoms with E-state index in [1.54, 1.807) is 34.0 Å². The molecule has 0 bridgehead atoms. The first-order valence-corrected chi connectivity index (χ1v) is 18.2. The Kier molecular flexibility index (Phi) is 10.0. The molecule has 1 fully saturated rings. The number of halogens is 2. The van der Waals surface area contributed by atoms with Crippen molar-refractivity contribution in [2.75, 3.05) is 25.5 Å². The quantitative estimate of drug-likeness (QED) is 0.158. The summed E-state index contributed by atoms with van der Waals surface area (Å²) in [6, 6.07) is 37.8. The number of aromatic nitrogens is 4. The highest BCUT2D eigenvalue weighted by Gasteiger charge is 2.41. The maximum atomic E-state index is 16.6. The number of carbonyl (C=O) groups is 1. The molecule has 5 aromatic carbocycles. The summed E-state index contributed by atoms with van der Waals surface area (Å²) in [7, 11) is 1.52. The van der Waals surface area contributed by atoms with Crippen molar-refractivity contribution in [2.24, 2.45) is 11.3 Å². The van der Waals surface area contributed by atoms with E-state index >= 15 is 4.39 Å². The van der Waals surface area contributed by atoms with Gasteiger partial charge in [0.15, 0.2) is 5.54 Å². The fraction of sp³-hybridized carbons (Fsp3) is 0.256. The zero-order chi connectivity index (χ0) is 37.2. The lowest BCUT2D eigenvalue weighted by atomic mass is 9.75. The highest BCUT2D eigenvalue weighted by molar-refractivity contribution is 6.32. The zero-order valence-electron chi connectivity index (χ0n) is 30.3. The molecule has 0 atom stereocenters. The van der Waals surface area contributed by atoms with Crippen molar-refractivity contribution in [3.8, 4) is 28.3 Å². The van der Waals surface area contributed by atoms with Crippen LogP contribution in [0.1, 0.15) is 50.3 Å². The minimum absolute atomic E-state index is 0.167. The minimum Gasteiger partial charge on any atom is -0.495 e. The van der Waals surface area contributed by atoms with Crippen LogP contribution in [0.15, 0.2) is 121 Å². The van der Waals surface area contributed by atoms with Crippen LogP contribution in [-0.4, -0.2) is 51.3 Å². The number of hydrogen-bond donors (Lipinski definition) is 1. The summed E-state index contributed by atoms with van der Waals surface area (Å²) in [4.78, 5) is 17.0. The Bertz CT molecular complexity index is 2100. The van der Waals surface area contributed by atoms with Crippen LogP contribution in [0, 0.1) is 17.2 Å². The molecule has 10 heteroatoms. The standard InChI is InChI=1S/C43H42ClFN6O2/c1-42(2,3)30-22-24-50(25-23-30)41(52)46-34-27-35(39(37(45)28-34)29-20-21-38(53-4)36(44)26-29)40-47-49-51(48-40)43(31-14-8-5-9-15-31,32-16-10-6-11-17-32)33-18-12-7-13-19-33/h5-21,26-28,30H,22-25H2,1-4H3,(H,46,52). The van der Waals surface area contributed by atoms with Gasteiger partial charge in [-0.1, -0.05) is 129 Å². The Morgan fingerprint density at radius 3 is 1.91 bits per heavy atom. The first-order valence-electron chi connectivity index (χ1n) is 17.8. The number of methoxy groups -OCH3 is 1. The summed E-state index contributed by atoms with van der Waals surface area (Å²) < 4.78 is 22.0. The number of nitrogens with zero attached hydrogens (tertiary/aromatic N) is 5. The van der Waals surface area contributed by atoms with Gasteiger partial charge in [-0.3, -0.25) is 0 Å². The van der Waals surface area contributed by atoms with Crippen LogP contribution in [0.4, 0.5) is 14.9 Å². The third-order valence-electron chi connectivity index (χ3n) is 10.3.